The van der Waals surface area contributed by atoms with Crippen LogP contribution in [0, 0.1) is 10.1 Å². The van der Waals surface area contributed by atoms with Gasteiger partial charge in [0.1, 0.15) is 0 Å². The molecule has 20 heavy (non-hydrogen) atoms. The van der Waals surface area contributed by atoms with Crippen molar-refractivity contribution in [2.75, 3.05) is 5.75 Å². The second kappa shape index (κ2) is 6.78. The molecule has 0 aliphatic rings. The molecular weight excluding hydrogens is 286 g/mol. The molecule has 0 fully saturated rings. The predicted octanol–water partition coefficient (Wildman–Crippen LogP) is 0.717. The normalized spacial score (nSPS) is 9.90. The average Bonchev–Trinajstić information content (AvgIpc) is 2.43. The third-order valence-electron chi connectivity index (χ3n) is 2.25. The average molecular weight is 297 g/mol. The number of carbonyl (C=O) groups excluding carboxylic acids is 3. The summed E-state index contributed by atoms with van der Waals surface area (Å²) in [5.74, 6) is 3.56. The summed E-state index contributed by atoms with van der Waals surface area (Å²) in [6.45, 7) is 1.13. The standard InChI is InChI=1S/C11H11N3O5S/c1-7(15)13(12)10(16)6-20-11(17)8-2-4-9(5-3-8)14(18)19/h2-5H,6,12H2,1H3. The summed E-state index contributed by atoms with van der Waals surface area (Å²) in [6.07, 6.45) is 0. The lowest BCUT2D eigenvalue weighted by molar-refractivity contribution is -0.384. The summed E-state index contributed by atoms with van der Waals surface area (Å²) < 4.78 is 0. The summed E-state index contributed by atoms with van der Waals surface area (Å²) >= 11 is 0.665. The van der Waals surface area contributed by atoms with E-state index in [1.807, 2.05) is 0 Å². The summed E-state index contributed by atoms with van der Waals surface area (Å²) in [5, 5.41) is 10.4. The minimum Gasteiger partial charge on any atom is -0.282 e. The number of non-ortho nitro benzene ring substituents is 1. The van der Waals surface area contributed by atoms with Crippen LogP contribution in [0.25, 0.3) is 0 Å². The molecule has 0 spiro atoms. The van der Waals surface area contributed by atoms with E-state index >= 15 is 0 Å². The van der Waals surface area contributed by atoms with Gasteiger partial charge < -0.3 is 0 Å². The fourth-order valence-corrected chi connectivity index (χ4v) is 1.87. The van der Waals surface area contributed by atoms with E-state index in [0.29, 0.717) is 16.8 Å². The number of amides is 2. The van der Waals surface area contributed by atoms with Gasteiger partial charge in [-0.2, -0.15) is 0 Å². The van der Waals surface area contributed by atoms with Crippen molar-refractivity contribution in [2.45, 2.75) is 6.92 Å². The number of hydrazine groups is 1. The van der Waals surface area contributed by atoms with Crippen molar-refractivity contribution in [3.8, 4) is 0 Å². The number of rotatable bonds is 4. The van der Waals surface area contributed by atoms with Gasteiger partial charge in [0.2, 0.25) is 11.0 Å². The Hall–Kier alpha value is -2.26. The summed E-state index contributed by atoms with van der Waals surface area (Å²) in [6, 6.07) is 4.98. The number of nitro benzene ring substituents is 1. The van der Waals surface area contributed by atoms with Gasteiger partial charge >= 0.3 is 0 Å². The molecule has 0 saturated heterocycles. The number of nitrogens with two attached hydrogens (primary N) is 1. The van der Waals surface area contributed by atoms with Crippen molar-refractivity contribution in [3.05, 3.63) is 39.9 Å². The van der Waals surface area contributed by atoms with Crippen molar-refractivity contribution in [1.29, 1.82) is 0 Å². The summed E-state index contributed by atoms with van der Waals surface area (Å²) in [7, 11) is 0. The molecule has 0 saturated carbocycles. The Kier molecular flexibility index (Phi) is 5.35. The highest BCUT2D eigenvalue weighted by molar-refractivity contribution is 8.14. The smallest absolute Gasteiger partial charge is 0.269 e. The number of hydrogen-bond acceptors (Lipinski definition) is 7. The number of hydrogen-bond donors (Lipinski definition) is 1. The van der Waals surface area contributed by atoms with Crippen molar-refractivity contribution in [3.63, 3.8) is 0 Å². The SMILES string of the molecule is CC(=O)N(N)C(=O)CSC(=O)c1ccc([N+](=O)[O-])cc1. The third kappa shape index (κ3) is 4.14. The zero-order valence-corrected chi connectivity index (χ0v) is 11.3. The van der Waals surface area contributed by atoms with Gasteiger partial charge in [0, 0.05) is 24.6 Å². The fraction of sp³-hybridized carbons (Fsp3) is 0.182. The first-order valence-electron chi connectivity index (χ1n) is 5.32. The van der Waals surface area contributed by atoms with Crippen LogP contribution in [0.5, 0.6) is 0 Å². The van der Waals surface area contributed by atoms with Crippen LogP contribution >= 0.6 is 11.8 Å². The van der Waals surface area contributed by atoms with Crippen LogP contribution < -0.4 is 5.84 Å². The molecule has 0 atom stereocenters. The molecule has 0 aliphatic carbocycles. The molecule has 1 aromatic rings. The Morgan fingerprint density at radius 3 is 2.30 bits per heavy atom. The Morgan fingerprint density at radius 2 is 1.85 bits per heavy atom. The number of imide groups is 1. The van der Waals surface area contributed by atoms with E-state index in [2.05, 4.69) is 0 Å². The maximum Gasteiger partial charge on any atom is 0.269 e. The first-order chi connectivity index (χ1) is 9.32. The molecule has 0 bridgehead atoms. The first kappa shape index (κ1) is 15.8. The van der Waals surface area contributed by atoms with Gasteiger partial charge in [-0.1, -0.05) is 11.8 Å². The van der Waals surface area contributed by atoms with Gasteiger partial charge in [-0.15, -0.1) is 0 Å². The topological polar surface area (TPSA) is 124 Å². The zero-order chi connectivity index (χ0) is 15.3. The number of benzene rings is 1. The van der Waals surface area contributed by atoms with Crippen molar-refractivity contribution >= 4 is 34.4 Å². The molecule has 1 rings (SSSR count). The van der Waals surface area contributed by atoms with Crippen molar-refractivity contribution in [1.82, 2.24) is 5.01 Å². The lowest BCUT2D eigenvalue weighted by Crippen LogP contribution is -2.42. The first-order valence-corrected chi connectivity index (χ1v) is 6.31. The number of nitro groups is 1. The van der Waals surface area contributed by atoms with Crippen LogP contribution in [0.15, 0.2) is 24.3 Å². The highest BCUT2D eigenvalue weighted by Gasteiger charge is 2.17. The van der Waals surface area contributed by atoms with E-state index in [-0.39, 0.29) is 17.0 Å². The molecule has 2 amide bonds. The highest BCUT2D eigenvalue weighted by Crippen LogP contribution is 2.17. The quantitative estimate of drug-likeness (QED) is 0.375. The van der Waals surface area contributed by atoms with Gasteiger partial charge in [-0.25, -0.2) is 10.9 Å². The molecule has 9 heteroatoms. The summed E-state index contributed by atoms with van der Waals surface area (Å²) in [4.78, 5) is 43.8. The van der Waals surface area contributed by atoms with Gasteiger partial charge in [-0.05, 0) is 12.1 Å². The lowest BCUT2D eigenvalue weighted by atomic mass is 10.2. The predicted molar refractivity (Wildman–Crippen MR) is 71.6 cm³/mol. The van der Waals surface area contributed by atoms with Crippen LogP contribution in [-0.4, -0.2) is 32.6 Å². The molecule has 1 aromatic carbocycles. The van der Waals surface area contributed by atoms with E-state index < -0.39 is 21.9 Å². The number of thioether (sulfide) groups is 1. The monoisotopic (exact) mass is 297 g/mol. The highest BCUT2D eigenvalue weighted by atomic mass is 32.2. The van der Waals surface area contributed by atoms with Crippen LogP contribution in [0.4, 0.5) is 5.69 Å². The molecule has 0 aromatic heterocycles. The van der Waals surface area contributed by atoms with Gasteiger partial charge in [0.05, 0.1) is 10.7 Å². The van der Waals surface area contributed by atoms with Crippen LogP contribution in [0.2, 0.25) is 0 Å². The van der Waals surface area contributed by atoms with E-state index in [0.717, 1.165) is 6.92 Å². The minimum atomic E-state index is -0.697. The fourth-order valence-electron chi connectivity index (χ4n) is 1.17. The van der Waals surface area contributed by atoms with Crippen LogP contribution in [-0.2, 0) is 9.59 Å². The largest absolute Gasteiger partial charge is 0.282 e. The van der Waals surface area contributed by atoms with Crippen LogP contribution in [0.1, 0.15) is 17.3 Å². The molecule has 0 unspecified atom stereocenters. The number of nitrogens with zero attached hydrogens (tertiary/aromatic N) is 2. The third-order valence-corrected chi connectivity index (χ3v) is 3.14. The van der Waals surface area contributed by atoms with Crippen LogP contribution in [0.3, 0.4) is 0 Å². The molecule has 2 N–H and O–H groups in total. The maximum atomic E-state index is 11.7. The molecule has 0 radical (unpaired) electrons. The second-order valence-electron chi connectivity index (χ2n) is 3.66. The molecule has 8 nitrogen and oxygen atoms in total. The second-order valence-corrected chi connectivity index (χ2v) is 4.61. The lowest BCUT2D eigenvalue weighted by Gasteiger charge is -2.11. The molecular formula is C11H11N3O5S. The number of carbonyl (C=O) groups is 3. The zero-order valence-electron chi connectivity index (χ0n) is 10.4. The molecule has 106 valence electrons. The Balaban J connectivity index is 2.61. The van der Waals surface area contributed by atoms with E-state index in [1.54, 1.807) is 0 Å². The Morgan fingerprint density at radius 1 is 1.30 bits per heavy atom. The molecule has 0 heterocycles. The maximum absolute atomic E-state index is 11.7. The van der Waals surface area contributed by atoms with E-state index in [1.165, 1.54) is 24.3 Å². The minimum absolute atomic E-state index is 0.132. The van der Waals surface area contributed by atoms with Gasteiger partial charge in [0.15, 0.2) is 0 Å². The van der Waals surface area contributed by atoms with Crippen molar-refractivity contribution < 1.29 is 19.3 Å². The van der Waals surface area contributed by atoms with E-state index in [4.69, 9.17) is 5.84 Å². The summed E-state index contributed by atoms with van der Waals surface area (Å²) in [5.41, 5.74) is 0.0899. The molecule has 0 aliphatic heterocycles. The van der Waals surface area contributed by atoms with Gasteiger partial charge in [-0.3, -0.25) is 24.5 Å². The van der Waals surface area contributed by atoms with Crippen molar-refractivity contribution in [2.24, 2.45) is 5.84 Å². The van der Waals surface area contributed by atoms with Gasteiger partial charge in [0.25, 0.3) is 11.6 Å². The Labute approximate surface area is 118 Å². The Bertz CT molecular complexity index is 558. The van der Waals surface area contributed by atoms with E-state index in [9.17, 15) is 24.5 Å².